The zero-order valence-electron chi connectivity index (χ0n) is 28.4. The summed E-state index contributed by atoms with van der Waals surface area (Å²) in [5.41, 5.74) is 13.9. The van der Waals surface area contributed by atoms with Crippen LogP contribution < -0.4 is 5.32 Å². The van der Waals surface area contributed by atoms with E-state index < -0.39 is 11.9 Å². The minimum absolute atomic E-state index is 0.0310. The normalized spacial score (nSPS) is 13.7. The molecule has 0 aliphatic carbocycles. The Morgan fingerprint density at radius 2 is 1.40 bits per heavy atom. The number of hydrogen-bond acceptors (Lipinski definition) is 5. The fourth-order valence-electron chi connectivity index (χ4n) is 6.42. The highest BCUT2D eigenvalue weighted by Crippen LogP contribution is 2.39. The SMILES string of the molecule is C=Cc1c(C)c2cc3[nH]c(cc4nc(cc5nc(cc1[nH]2)C(C)=C5C(C)C(=O)NCCN(C)C)C(CCC(=O)O)=C4C)c(C)c3C=C. The van der Waals surface area contributed by atoms with E-state index in [-0.39, 0.29) is 12.3 Å². The third-order valence-electron chi connectivity index (χ3n) is 9.23. The number of H-pyrrole nitrogens is 2. The number of carbonyl (C=O) groups is 2. The van der Waals surface area contributed by atoms with Crippen LogP contribution in [0.4, 0.5) is 0 Å². The van der Waals surface area contributed by atoms with E-state index in [4.69, 9.17) is 9.97 Å². The second-order valence-electron chi connectivity index (χ2n) is 12.6. The van der Waals surface area contributed by atoms with E-state index in [0.717, 1.165) is 84.5 Å². The zero-order chi connectivity index (χ0) is 34.2. The van der Waals surface area contributed by atoms with Gasteiger partial charge < -0.3 is 25.3 Å². The van der Waals surface area contributed by atoms with E-state index in [9.17, 15) is 14.7 Å². The maximum Gasteiger partial charge on any atom is 0.303 e. The molecule has 2 aliphatic rings. The summed E-state index contributed by atoms with van der Waals surface area (Å²) in [4.78, 5) is 44.5. The Morgan fingerprint density at radius 3 is 2.00 bits per heavy atom. The first kappa shape index (κ1) is 33.3. The van der Waals surface area contributed by atoms with Crippen molar-refractivity contribution < 1.29 is 14.7 Å². The Morgan fingerprint density at radius 1 is 0.851 bits per heavy atom. The summed E-state index contributed by atoms with van der Waals surface area (Å²) in [5, 5.41) is 12.6. The highest BCUT2D eigenvalue weighted by molar-refractivity contribution is 6.03. The standard InChI is InChI=1S/C38H44N6O3/c1-10-25-20(3)28-16-29-22(5)27(12-13-36(45)46)34(42-29)19-35-37(24(7)38(47)39-14-15-44(8)9)23(6)31(43-35)18-33-26(11-2)21(4)30(41-33)17-32(25)40-28/h10-11,16-19,24,40-41H,1-2,12-15H2,3-9H3,(H,39,47)(H,45,46). The maximum atomic E-state index is 13.5. The molecule has 1 unspecified atom stereocenters. The minimum Gasteiger partial charge on any atom is -0.481 e. The zero-order valence-corrected chi connectivity index (χ0v) is 28.4. The molecule has 3 aromatic rings. The lowest BCUT2D eigenvalue weighted by Crippen LogP contribution is -2.35. The van der Waals surface area contributed by atoms with Crippen LogP contribution in [0.15, 0.2) is 37.4 Å². The number of nitrogens with zero attached hydrogens (tertiary/aromatic N) is 3. The number of rotatable bonds is 10. The predicted molar refractivity (Wildman–Crippen MR) is 193 cm³/mol. The summed E-state index contributed by atoms with van der Waals surface area (Å²) in [7, 11) is 3.94. The van der Waals surface area contributed by atoms with Gasteiger partial charge in [-0.05, 0) is 113 Å². The number of aromatic nitrogens is 4. The first-order valence-corrected chi connectivity index (χ1v) is 15.9. The van der Waals surface area contributed by atoms with Gasteiger partial charge >= 0.3 is 5.97 Å². The van der Waals surface area contributed by atoms with Crippen molar-refractivity contribution in [2.75, 3.05) is 27.2 Å². The molecule has 9 heteroatoms. The molecule has 0 fully saturated rings. The highest BCUT2D eigenvalue weighted by atomic mass is 16.4. The topological polar surface area (TPSA) is 127 Å². The fourth-order valence-corrected chi connectivity index (χ4v) is 6.42. The predicted octanol–water partition coefficient (Wildman–Crippen LogP) is 7.26. The lowest BCUT2D eigenvalue weighted by atomic mass is 9.92. The smallest absolute Gasteiger partial charge is 0.303 e. The highest BCUT2D eigenvalue weighted by Gasteiger charge is 2.28. The number of aryl methyl sites for hydroxylation is 2. The summed E-state index contributed by atoms with van der Waals surface area (Å²) < 4.78 is 0. The van der Waals surface area contributed by atoms with Crippen LogP contribution in [-0.4, -0.2) is 69.0 Å². The van der Waals surface area contributed by atoms with Gasteiger partial charge in [0.2, 0.25) is 5.91 Å². The first-order valence-electron chi connectivity index (χ1n) is 15.9. The second kappa shape index (κ2) is 13.4. The van der Waals surface area contributed by atoms with Crippen molar-refractivity contribution in [3.05, 3.63) is 82.5 Å². The van der Waals surface area contributed by atoms with Crippen LogP contribution in [0.5, 0.6) is 0 Å². The van der Waals surface area contributed by atoms with E-state index in [2.05, 4.69) is 41.4 Å². The molecule has 8 bridgehead atoms. The molecule has 3 aromatic heterocycles. The van der Waals surface area contributed by atoms with Crippen molar-refractivity contribution in [3.63, 3.8) is 0 Å². The van der Waals surface area contributed by atoms with Crippen molar-refractivity contribution in [1.29, 1.82) is 0 Å². The van der Waals surface area contributed by atoms with Gasteiger partial charge in [-0.25, -0.2) is 9.97 Å². The average Bonchev–Trinajstić information content (AvgIpc) is 3.68. The molecular weight excluding hydrogens is 588 g/mol. The van der Waals surface area contributed by atoms with Gasteiger partial charge in [0, 0.05) is 52.7 Å². The lowest BCUT2D eigenvalue weighted by molar-refractivity contribution is -0.136. The Labute approximate surface area is 275 Å². The second-order valence-corrected chi connectivity index (χ2v) is 12.6. The molecule has 0 aromatic carbocycles. The molecule has 1 atom stereocenters. The number of nitrogens with one attached hydrogen (secondary N) is 3. The molecule has 1 amide bonds. The summed E-state index contributed by atoms with van der Waals surface area (Å²) in [6.45, 7) is 19.4. The molecule has 5 heterocycles. The summed E-state index contributed by atoms with van der Waals surface area (Å²) >= 11 is 0. The molecule has 0 radical (unpaired) electrons. The van der Waals surface area contributed by atoms with E-state index >= 15 is 0 Å². The van der Waals surface area contributed by atoms with E-state index in [1.165, 1.54) is 0 Å². The van der Waals surface area contributed by atoms with E-state index in [0.29, 0.717) is 24.4 Å². The van der Waals surface area contributed by atoms with Crippen LogP contribution in [0, 0.1) is 19.8 Å². The average molecular weight is 633 g/mol. The summed E-state index contributed by atoms with van der Waals surface area (Å²) in [5.74, 6) is -1.45. The van der Waals surface area contributed by atoms with Gasteiger partial charge in [-0.1, -0.05) is 25.3 Å². The van der Waals surface area contributed by atoms with Gasteiger partial charge in [0.15, 0.2) is 0 Å². The number of carboxylic acids is 1. The molecule has 0 spiro atoms. The number of carbonyl (C=O) groups excluding carboxylic acids is 1. The lowest BCUT2D eigenvalue weighted by Gasteiger charge is -2.16. The third kappa shape index (κ3) is 6.49. The number of amides is 1. The molecular formula is C38H44N6O3. The Kier molecular flexibility index (Phi) is 9.49. The summed E-state index contributed by atoms with van der Waals surface area (Å²) in [6, 6.07) is 8.01. The first-order chi connectivity index (χ1) is 22.3. The van der Waals surface area contributed by atoms with Crippen molar-refractivity contribution in [1.82, 2.24) is 30.2 Å². The van der Waals surface area contributed by atoms with Gasteiger partial charge in [0.05, 0.1) is 28.7 Å². The van der Waals surface area contributed by atoms with Crippen molar-refractivity contribution >= 4 is 68.4 Å². The van der Waals surface area contributed by atoms with Crippen LogP contribution in [0.3, 0.4) is 0 Å². The van der Waals surface area contributed by atoms with Crippen LogP contribution in [-0.2, 0) is 9.59 Å². The molecule has 5 rings (SSSR count). The fraction of sp³-hybridized carbons (Fsp3) is 0.316. The summed E-state index contributed by atoms with van der Waals surface area (Å²) in [6.07, 6.45) is 3.98. The molecule has 0 saturated carbocycles. The minimum atomic E-state index is -0.877. The Bertz CT molecular complexity index is 2040. The molecule has 244 valence electrons. The largest absolute Gasteiger partial charge is 0.481 e. The van der Waals surface area contributed by atoms with Crippen LogP contribution >= 0.6 is 0 Å². The van der Waals surface area contributed by atoms with E-state index in [1.54, 1.807) is 0 Å². The number of hydrogen-bond donors (Lipinski definition) is 4. The number of aromatic amines is 2. The number of aliphatic carboxylic acids is 1. The molecule has 2 aliphatic heterocycles. The number of carboxylic acid groups (broad SMARTS) is 1. The van der Waals surface area contributed by atoms with Gasteiger partial charge in [0.25, 0.3) is 0 Å². The van der Waals surface area contributed by atoms with Crippen molar-refractivity contribution in [2.45, 2.75) is 47.5 Å². The van der Waals surface area contributed by atoms with E-state index in [1.807, 2.05) is 77.0 Å². The van der Waals surface area contributed by atoms with Gasteiger partial charge in [0.1, 0.15) is 0 Å². The Balaban J connectivity index is 1.86. The van der Waals surface area contributed by atoms with Crippen LogP contribution in [0.25, 0.3) is 56.5 Å². The van der Waals surface area contributed by atoms with Gasteiger partial charge in [-0.2, -0.15) is 0 Å². The van der Waals surface area contributed by atoms with Gasteiger partial charge in [-0.3, -0.25) is 9.59 Å². The quantitative estimate of drug-likeness (QED) is 0.186. The maximum absolute atomic E-state index is 13.5. The Hall–Kier alpha value is -5.02. The number of allylic oxidation sites excluding steroid dienone is 3. The van der Waals surface area contributed by atoms with Crippen LogP contribution in [0.1, 0.15) is 78.6 Å². The number of fused-ring (bicyclic) bond motifs is 8. The number of likely N-dealkylation sites (N-methyl/N-ethyl adjacent to an activating group) is 1. The van der Waals surface area contributed by atoms with Gasteiger partial charge in [-0.15, -0.1) is 0 Å². The third-order valence-corrected chi connectivity index (χ3v) is 9.23. The molecule has 4 N–H and O–H groups in total. The molecule has 47 heavy (non-hydrogen) atoms. The van der Waals surface area contributed by atoms with Crippen molar-refractivity contribution in [3.8, 4) is 0 Å². The molecule has 0 saturated heterocycles. The monoisotopic (exact) mass is 632 g/mol. The van der Waals surface area contributed by atoms with Crippen LogP contribution in [0.2, 0.25) is 0 Å². The molecule has 9 nitrogen and oxygen atoms in total. The van der Waals surface area contributed by atoms with Crippen molar-refractivity contribution in [2.24, 2.45) is 5.92 Å².